The van der Waals surface area contributed by atoms with Crippen molar-refractivity contribution in [3.63, 3.8) is 0 Å². The Morgan fingerprint density at radius 2 is 1.77 bits per heavy atom. The van der Waals surface area contributed by atoms with Crippen molar-refractivity contribution in [3.8, 4) is 23.0 Å². The lowest BCUT2D eigenvalue weighted by Crippen LogP contribution is -2.31. The molecule has 3 heterocycles. The van der Waals surface area contributed by atoms with E-state index in [9.17, 15) is 14.7 Å². The molecule has 0 radical (unpaired) electrons. The van der Waals surface area contributed by atoms with E-state index in [1.165, 1.54) is 4.90 Å². The summed E-state index contributed by atoms with van der Waals surface area (Å²) in [5.41, 5.74) is 0.991. The number of aromatic nitrogens is 2. The zero-order valence-corrected chi connectivity index (χ0v) is 22.0. The number of aliphatic hydroxyl groups is 1. The molecule has 0 bridgehead atoms. The number of rotatable bonds is 10. The van der Waals surface area contributed by atoms with E-state index in [0.29, 0.717) is 80.1 Å². The molecule has 1 unspecified atom stereocenters. The largest absolute Gasteiger partial charge is 0.507 e. The smallest absolute Gasteiger partial charge is 0.295 e. The highest BCUT2D eigenvalue weighted by Gasteiger charge is 2.46. The normalized spacial score (nSPS) is 17.9. The second kappa shape index (κ2) is 11.5. The second-order valence-corrected chi connectivity index (χ2v) is 9.08. The summed E-state index contributed by atoms with van der Waals surface area (Å²) in [6.45, 7) is 6.34. The van der Waals surface area contributed by atoms with Crippen molar-refractivity contribution in [2.75, 3.05) is 33.0 Å². The fourth-order valence-corrected chi connectivity index (χ4v) is 4.88. The number of carbonyl (C=O) groups excluding carboxylic acids is 2. The van der Waals surface area contributed by atoms with Crippen molar-refractivity contribution in [3.05, 3.63) is 71.8 Å². The molecule has 204 valence electrons. The summed E-state index contributed by atoms with van der Waals surface area (Å²) in [6, 6.07) is 9.46. The van der Waals surface area contributed by atoms with Crippen LogP contribution in [0.25, 0.3) is 5.76 Å². The molecule has 10 nitrogen and oxygen atoms in total. The molecule has 1 atom stereocenters. The lowest BCUT2D eigenvalue weighted by atomic mass is 9.94. The number of ketones is 1. The van der Waals surface area contributed by atoms with Crippen LogP contribution in [0.2, 0.25) is 0 Å². The molecule has 1 saturated heterocycles. The van der Waals surface area contributed by atoms with Crippen molar-refractivity contribution in [2.45, 2.75) is 32.9 Å². The Morgan fingerprint density at radius 3 is 2.51 bits per heavy atom. The number of imidazole rings is 1. The summed E-state index contributed by atoms with van der Waals surface area (Å²) in [5, 5.41) is 11.5. The van der Waals surface area contributed by atoms with Gasteiger partial charge >= 0.3 is 0 Å². The first kappa shape index (κ1) is 26.1. The molecular formula is C29H31N3O7. The summed E-state index contributed by atoms with van der Waals surface area (Å²) in [6.07, 6.45) is 5.82. The first-order valence-corrected chi connectivity index (χ1v) is 13.1. The van der Waals surface area contributed by atoms with Crippen LogP contribution in [0.15, 0.2) is 60.7 Å². The van der Waals surface area contributed by atoms with Crippen LogP contribution in [0.5, 0.6) is 23.0 Å². The highest BCUT2D eigenvalue weighted by atomic mass is 16.6. The molecule has 0 spiro atoms. The van der Waals surface area contributed by atoms with Crippen molar-refractivity contribution in [1.29, 1.82) is 0 Å². The lowest BCUT2D eigenvalue weighted by molar-refractivity contribution is -0.139. The Balaban J connectivity index is 1.57. The topological polar surface area (TPSA) is 112 Å². The molecule has 5 rings (SSSR count). The second-order valence-electron chi connectivity index (χ2n) is 9.08. The number of fused-ring (bicyclic) bond motifs is 1. The number of Topliss-reactive ketones (excluding diaryl/α,β-unsaturated/α-hetero) is 1. The van der Waals surface area contributed by atoms with Crippen LogP contribution in [-0.2, 0) is 16.1 Å². The summed E-state index contributed by atoms with van der Waals surface area (Å²) in [5.74, 6) is 0.392. The van der Waals surface area contributed by atoms with Gasteiger partial charge in [0.2, 0.25) is 0 Å². The fourth-order valence-electron chi connectivity index (χ4n) is 4.88. The molecule has 2 aliphatic rings. The number of nitrogens with zero attached hydrogens (tertiary/aromatic N) is 3. The maximum absolute atomic E-state index is 13.4. The maximum atomic E-state index is 13.4. The van der Waals surface area contributed by atoms with Crippen molar-refractivity contribution < 1.29 is 33.6 Å². The van der Waals surface area contributed by atoms with Crippen LogP contribution in [0.4, 0.5) is 0 Å². The average molecular weight is 534 g/mol. The highest BCUT2D eigenvalue weighted by molar-refractivity contribution is 6.46. The van der Waals surface area contributed by atoms with Gasteiger partial charge < -0.3 is 33.5 Å². The standard InChI is InChI=1S/C29H31N3O7/c1-3-36-21-8-6-19(16-23(21)37-4-2)26-25(27(33)20-7-9-22-24(17-20)39-15-14-38-22)28(34)29(35)32(26)12-5-11-31-13-10-30-18-31/h6-10,13,16-18,26,33H,3-5,11-12,14-15H2,1-2H3/b27-25-. The average Bonchev–Trinajstić information content (AvgIpc) is 3.56. The number of aliphatic hydroxyl groups excluding tert-OH is 1. The van der Waals surface area contributed by atoms with Gasteiger partial charge in [-0.15, -0.1) is 0 Å². The summed E-state index contributed by atoms with van der Waals surface area (Å²) < 4.78 is 24.7. The third-order valence-electron chi connectivity index (χ3n) is 6.61. The number of hydrogen-bond acceptors (Lipinski definition) is 8. The van der Waals surface area contributed by atoms with Crippen LogP contribution in [0.1, 0.15) is 37.4 Å². The van der Waals surface area contributed by atoms with Gasteiger partial charge in [0.1, 0.15) is 19.0 Å². The van der Waals surface area contributed by atoms with Crippen molar-refractivity contribution in [2.24, 2.45) is 0 Å². The molecule has 1 amide bonds. The van der Waals surface area contributed by atoms with E-state index < -0.39 is 17.7 Å². The van der Waals surface area contributed by atoms with Gasteiger partial charge in [-0.25, -0.2) is 4.98 Å². The third kappa shape index (κ3) is 5.27. The Kier molecular flexibility index (Phi) is 7.72. The zero-order valence-electron chi connectivity index (χ0n) is 22.0. The van der Waals surface area contributed by atoms with E-state index in [1.807, 2.05) is 24.6 Å². The number of ether oxygens (including phenoxy) is 4. The Hall–Kier alpha value is -4.47. The molecule has 1 N–H and O–H groups in total. The van der Waals surface area contributed by atoms with Crippen LogP contribution >= 0.6 is 0 Å². The van der Waals surface area contributed by atoms with Gasteiger partial charge in [-0.1, -0.05) is 6.07 Å². The number of aryl methyl sites for hydroxylation is 1. The molecular weight excluding hydrogens is 502 g/mol. The molecule has 2 aromatic carbocycles. The Bertz CT molecular complexity index is 1380. The van der Waals surface area contributed by atoms with E-state index in [2.05, 4.69) is 4.98 Å². The Morgan fingerprint density at radius 1 is 1.00 bits per heavy atom. The monoisotopic (exact) mass is 533 g/mol. The number of likely N-dealkylation sites (tertiary alicyclic amines) is 1. The van der Waals surface area contributed by atoms with E-state index in [0.717, 1.165) is 0 Å². The fraction of sp³-hybridized carbons (Fsp3) is 0.345. The summed E-state index contributed by atoms with van der Waals surface area (Å²) in [7, 11) is 0. The number of carbonyl (C=O) groups is 2. The molecule has 0 saturated carbocycles. The van der Waals surface area contributed by atoms with Gasteiger partial charge in [0.15, 0.2) is 23.0 Å². The van der Waals surface area contributed by atoms with E-state index in [-0.39, 0.29) is 11.3 Å². The minimum atomic E-state index is -0.823. The van der Waals surface area contributed by atoms with Crippen LogP contribution in [0, 0.1) is 0 Å². The van der Waals surface area contributed by atoms with Gasteiger partial charge in [0.05, 0.1) is 31.2 Å². The third-order valence-corrected chi connectivity index (χ3v) is 6.61. The van der Waals surface area contributed by atoms with Crippen LogP contribution in [-0.4, -0.2) is 64.2 Å². The van der Waals surface area contributed by atoms with Crippen LogP contribution in [0.3, 0.4) is 0 Å². The predicted octanol–water partition coefficient (Wildman–Crippen LogP) is 3.96. The van der Waals surface area contributed by atoms with E-state index >= 15 is 0 Å². The van der Waals surface area contributed by atoms with Gasteiger partial charge in [-0.2, -0.15) is 0 Å². The number of amides is 1. The van der Waals surface area contributed by atoms with E-state index in [4.69, 9.17) is 18.9 Å². The zero-order chi connectivity index (χ0) is 27.4. The lowest BCUT2D eigenvalue weighted by Gasteiger charge is -2.26. The SMILES string of the molecule is CCOc1ccc(C2/C(=C(/O)c3ccc4c(c3)OCCO4)C(=O)C(=O)N2CCCn2ccnc2)cc1OCC. The molecule has 1 fully saturated rings. The predicted molar refractivity (Wildman–Crippen MR) is 142 cm³/mol. The van der Waals surface area contributed by atoms with Gasteiger partial charge in [0, 0.05) is 31.0 Å². The Labute approximate surface area is 226 Å². The molecule has 0 aliphatic carbocycles. The minimum absolute atomic E-state index is 0.00548. The summed E-state index contributed by atoms with van der Waals surface area (Å²) >= 11 is 0. The van der Waals surface area contributed by atoms with Crippen molar-refractivity contribution in [1.82, 2.24) is 14.5 Å². The van der Waals surface area contributed by atoms with Gasteiger partial charge in [0.25, 0.3) is 11.7 Å². The first-order valence-electron chi connectivity index (χ1n) is 13.1. The molecule has 39 heavy (non-hydrogen) atoms. The first-order chi connectivity index (χ1) is 19.0. The molecule has 3 aromatic rings. The number of benzene rings is 2. The molecule has 10 heteroatoms. The quantitative estimate of drug-likeness (QED) is 0.237. The van der Waals surface area contributed by atoms with Crippen molar-refractivity contribution >= 4 is 17.4 Å². The molecule has 2 aliphatic heterocycles. The van der Waals surface area contributed by atoms with Gasteiger partial charge in [-0.3, -0.25) is 9.59 Å². The van der Waals surface area contributed by atoms with Crippen LogP contribution < -0.4 is 18.9 Å². The van der Waals surface area contributed by atoms with Gasteiger partial charge in [-0.05, 0) is 56.2 Å². The highest BCUT2D eigenvalue weighted by Crippen LogP contribution is 2.43. The minimum Gasteiger partial charge on any atom is -0.507 e. The maximum Gasteiger partial charge on any atom is 0.295 e. The molecule has 1 aromatic heterocycles. The van der Waals surface area contributed by atoms with E-state index in [1.54, 1.807) is 48.9 Å². The summed E-state index contributed by atoms with van der Waals surface area (Å²) in [4.78, 5) is 32.4. The number of hydrogen-bond donors (Lipinski definition) is 1.